The third kappa shape index (κ3) is 3.64. The van der Waals surface area contributed by atoms with Crippen molar-refractivity contribution in [2.75, 3.05) is 18.4 Å². The van der Waals surface area contributed by atoms with Gasteiger partial charge in [-0.05, 0) is 26.0 Å². The Labute approximate surface area is 142 Å². The summed E-state index contributed by atoms with van der Waals surface area (Å²) in [6.07, 6.45) is 1.52. The molecule has 0 radical (unpaired) electrons. The standard InChI is InChI=1S/C18H24N4O2/c1-5-21(6-2)18(24)15-12-19-22(14-10-8-7-9-11-14)16(15)20-17(23)13(3)4/h7-13H,5-6H2,1-4H3,(H,20,23). The summed E-state index contributed by atoms with van der Waals surface area (Å²) >= 11 is 0. The molecule has 128 valence electrons. The monoisotopic (exact) mass is 328 g/mol. The summed E-state index contributed by atoms with van der Waals surface area (Å²) in [5.74, 6) is -0.0696. The minimum atomic E-state index is -0.194. The van der Waals surface area contributed by atoms with E-state index in [1.807, 2.05) is 58.0 Å². The lowest BCUT2D eigenvalue weighted by Crippen LogP contribution is -2.31. The van der Waals surface area contributed by atoms with Gasteiger partial charge in [0.05, 0.1) is 11.9 Å². The van der Waals surface area contributed by atoms with Gasteiger partial charge in [-0.15, -0.1) is 0 Å². The van der Waals surface area contributed by atoms with Gasteiger partial charge >= 0.3 is 0 Å². The summed E-state index contributed by atoms with van der Waals surface area (Å²) in [7, 11) is 0. The van der Waals surface area contributed by atoms with Gasteiger partial charge in [-0.3, -0.25) is 9.59 Å². The molecule has 0 fully saturated rings. The largest absolute Gasteiger partial charge is 0.339 e. The average Bonchev–Trinajstić information content (AvgIpc) is 3.00. The van der Waals surface area contributed by atoms with Crippen molar-refractivity contribution in [3.63, 3.8) is 0 Å². The zero-order chi connectivity index (χ0) is 17.7. The van der Waals surface area contributed by atoms with E-state index in [0.717, 1.165) is 5.69 Å². The van der Waals surface area contributed by atoms with Gasteiger partial charge in [0, 0.05) is 19.0 Å². The SMILES string of the molecule is CCN(CC)C(=O)c1cnn(-c2ccccc2)c1NC(=O)C(C)C. The molecule has 6 heteroatoms. The molecule has 0 unspecified atom stereocenters. The van der Waals surface area contributed by atoms with Crippen LogP contribution in [0.15, 0.2) is 36.5 Å². The van der Waals surface area contributed by atoms with E-state index in [1.54, 1.807) is 9.58 Å². The number of carbonyl (C=O) groups is 2. The van der Waals surface area contributed by atoms with Crippen LogP contribution in [0, 0.1) is 5.92 Å². The van der Waals surface area contributed by atoms with E-state index in [1.165, 1.54) is 6.20 Å². The summed E-state index contributed by atoms with van der Waals surface area (Å²) < 4.78 is 1.59. The number of amides is 2. The summed E-state index contributed by atoms with van der Waals surface area (Å²) in [5.41, 5.74) is 1.19. The molecule has 2 amide bonds. The van der Waals surface area contributed by atoms with Gasteiger partial charge in [0.1, 0.15) is 11.4 Å². The Hall–Kier alpha value is -2.63. The van der Waals surface area contributed by atoms with Crippen molar-refractivity contribution in [2.45, 2.75) is 27.7 Å². The van der Waals surface area contributed by atoms with Crippen molar-refractivity contribution >= 4 is 17.6 Å². The second-order valence-corrected chi connectivity index (χ2v) is 5.78. The molecule has 0 aliphatic carbocycles. The molecule has 1 N–H and O–H groups in total. The molecule has 1 aromatic carbocycles. The van der Waals surface area contributed by atoms with Crippen molar-refractivity contribution in [1.29, 1.82) is 0 Å². The number of hydrogen-bond acceptors (Lipinski definition) is 3. The van der Waals surface area contributed by atoms with Gasteiger partial charge in [-0.2, -0.15) is 5.10 Å². The number of benzene rings is 1. The van der Waals surface area contributed by atoms with E-state index < -0.39 is 0 Å². The highest BCUT2D eigenvalue weighted by Gasteiger charge is 2.24. The zero-order valence-corrected chi connectivity index (χ0v) is 14.6. The van der Waals surface area contributed by atoms with E-state index >= 15 is 0 Å². The topological polar surface area (TPSA) is 67.2 Å². The molecular weight excluding hydrogens is 304 g/mol. The van der Waals surface area contributed by atoms with E-state index in [4.69, 9.17) is 0 Å². The molecule has 0 spiro atoms. The average molecular weight is 328 g/mol. The van der Waals surface area contributed by atoms with Gasteiger partial charge in [0.15, 0.2) is 0 Å². The summed E-state index contributed by atoms with van der Waals surface area (Å²) in [6.45, 7) is 8.67. The maximum absolute atomic E-state index is 12.7. The molecular formula is C18H24N4O2. The van der Waals surface area contributed by atoms with Crippen LogP contribution in [-0.2, 0) is 4.79 Å². The highest BCUT2D eigenvalue weighted by Crippen LogP contribution is 2.22. The van der Waals surface area contributed by atoms with Crippen LogP contribution >= 0.6 is 0 Å². The first-order valence-electron chi connectivity index (χ1n) is 8.23. The van der Waals surface area contributed by atoms with Crippen molar-refractivity contribution in [3.05, 3.63) is 42.1 Å². The Morgan fingerprint density at radius 1 is 1.17 bits per heavy atom. The number of carbonyl (C=O) groups excluding carboxylic acids is 2. The Morgan fingerprint density at radius 3 is 2.33 bits per heavy atom. The lowest BCUT2D eigenvalue weighted by Gasteiger charge is -2.19. The smallest absolute Gasteiger partial charge is 0.259 e. The van der Waals surface area contributed by atoms with Gasteiger partial charge in [-0.1, -0.05) is 32.0 Å². The van der Waals surface area contributed by atoms with Crippen LogP contribution in [0.1, 0.15) is 38.1 Å². The molecule has 2 aromatic rings. The number of nitrogens with one attached hydrogen (secondary N) is 1. The predicted molar refractivity (Wildman–Crippen MR) is 94.3 cm³/mol. The van der Waals surface area contributed by atoms with Crippen LogP contribution in [0.2, 0.25) is 0 Å². The Balaban J connectivity index is 2.50. The molecule has 6 nitrogen and oxygen atoms in total. The highest BCUT2D eigenvalue weighted by atomic mass is 16.2. The summed E-state index contributed by atoms with van der Waals surface area (Å²) in [5, 5.41) is 7.18. The van der Waals surface area contributed by atoms with Crippen molar-refractivity contribution in [3.8, 4) is 5.69 Å². The van der Waals surface area contributed by atoms with Gasteiger partial charge < -0.3 is 10.2 Å². The van der Waals surface area contributed by atoms with E-state index in [2.05, 4.69) is 10.4 Å². The molecule has 24 heavy (non-hydrogen) atoms. The predicted octanol–water partition coefficient (Wildman–Crippen LogP) is 2.95. The Bertz CT molecular complexity index is 703. The number of aromatic nitrogens is 2. The van der Waals surface area contributed by atoms with Crippen molar-refractivity contribution in [1.82, 2.24) is 14.7 Å². The molecule has 1 heterocycles. The maximum atomic E-state index is 12.7. The molecule has 0 bridgehead atoms. The molecule has 0 saturated carbocycles. The Morgan fingerprint density at radius 2 is 1.79 bits per heavy atom. The minimum absolute atomic E-state index is 0.138. The van der Waals surface area contributed by atoms with Gasteiger partial charge in [-0.25, -0.2) is 4.68 Å². The Kier molecular flexibility index (Phi) is 5.73. The highest BCUT2D eigenvalue weighted by molar-refractivity contribution is 6.03. The van der Waals surface area contributed by atoms with Crippen LogP contribution in [-0.4, -0.2) is 39.6 Å². The maximum Gasteiger partial charge on any atom is 0.259 e. The van der Waals surface area contributed by atoms with Gasteiger partial charge in [0.25, 0.3) is 5.91 Å². The number of nitrogens with zero attached hydrogens (tertiary/aromatic N) is 3. The van der Waals surface area contributed by atoms with E-state index in [9.17, 15) is 9.59 Å². The second-order valence-electron chi connectivity index (χ2n) is 5.78. The normalized spacial score (nSPS) is 10.7. The molecule has 1 aromatic heterocycles. The van der Waals surface area contributed by atoms with Crippen LogP contribution in [0.25, 0.3) is 5.69 Å². The zero-order valence-electron chi connectivity index (χ0n) is 14.6. The fraction of sp³-hybridized carbons (Fsp3) is 0.389. The first-order chi connectivity index (χ1) is 11.5. The third-order valence-electron chi connectivity index (χ3n) is 3.82. The lowest BCUT2D eigenvalue weighted by atomic mass is 10.2. The molecule has 0 atom stereocenters. The van der Waals surface area contributed by atoms with Crippen molar-refractivity contribution < 1.29 is 9.59 Å². The van der Waals surface area contributed by atoms with Crippen LogP contribution in [0.5, 0.6) is 0 Å². The number of rotatable bonds is 6. The summed E-state index contributed by atoms with van der Waals surface area (Å²) in [4.78, 5) is 26.7. The van der Waals surface area contributed by atoms with Crippen LogP contribution in [0.4, 0.5) is 5.82 Å². The fourth-order valence-corrected chi connectivity index (χ4v) is 2.33. The van der Waals surface area contributed by atoms with Crippen LogP contribution in [0.3, 0.4) is 0 Å². The number of anilines is 1. The number of hydrogen-bond donors (Lipinski definition) is 1. The lowest BCUT2D eigenvalue weighted by molar-refractivity contribution is -0.118. The molecule has 0 saturated heterocycles. The first-order valence-corrected chi connectivity index (χ1v) is 8.23. The minimum Gasteiger partial charge on any atom is -0.339 e. The van der Waals surface area contributed by atoms with Crippen LogP contribution < -0.4 is 5.32 Å². The summed E-state index contributed by atoms with van der Waals surface area (Å²) in [6, 6.07) is 9.43. The second kappa shape index (κ2) is 7.77. The number of para-hydroxylation sites is 1. The quantitative estimate of drug-likeness (QED) is 0.886. The molecule has 2 rings (SSSR count). The molecule has 0 aliphatic rings. The van der Waals surface area contributed by atoms with Crippen molar-refractivity contribution in [2.24, 2.45) is 5.92 Å². The third-order valence-corrected chi connectivity index (χ3v) is 3.82. The van der Waals surface area contributed by atoms with E-state index in [0.29, 0.717) is 24.5 Å². The van der Waals surface area contributed by atoms with Gasteiger partial charge in [0.2, 0.25) is 5.91 Å². The fourth-order valence-electron chi connectivity index (χ4n) is 2.33. The van der Waals surface area contributed by atoms with E-state index in [-0.39, 0.29) is 17.7 Å². The molecule has 0 aliphatic heterocycles. The first kappa shape index (κ1) is 17.7.